The first-order valence-electron chi connectivity index (χ1n) is 6.29. The zero-order chi connectivity index (χ0) is 11.8. The lowest BCUT2D eigenvalue weighted by Crippen LogP contribution is -2.32. The topological polar surface area (TPSA) is 12.5 Å². The van der Waals surface area contributed by atoms with Crippen LogP contribution in [-0.2, 0) is 4.74 Å². The fourth-order valence-electron chi connectivity index (χ4n) is 1.51. The maximum absolute atomic E-state index is 5.60. The molecule has 0 aliphatic rings. The van der Waals surface area contributed by atoms with Crippen LogP contribution in [0.25, 0.3) is 0 Å². The summed E-state index contributed by atoms with van der Waals surface area (Å²) in [5, 5.41) is 0. The van der Waals surface area contributed by atoms with Crippen molar-refractivity contribution >= 4 is 0 Å². The lowest BCUT2D eigenvalue weighted by molar-refractivity contribution is 0.0633. The molecule has 15 heavy (non-hydrogen) atoms. The second-order valence-electron chi connectivity index (χ2n) is 5.02. The largest absolute Gasteiger partial charge is 0.379 e. The number of nitrogens with zero attached hydrogens (tertiary/aromatic N) is 1. The van der Waals surface area contributed by atoms with E-state index in [1.54, 1.807) is 0 Å². The second-order valence-corrected chi connectivity index (χ2v) is 5.02. The van der Waals surface area contributed by atoms with Crippen LogP contribution in [0.2, 0.25) is 0 Å². The third-order valence-corrected chi connectivity index (χ3v) is 2.98. The maximum Gasteiger partial charge on any atom is 0.0518 e. The van der Waals surface area contributed by atoms with Crippen LogP contribution in [0.3, 0.4) is 0 Å². The van der Waals surface area contributed by atoms with Crippen LogP contribution in [0.5, 0.6) is 0 Å². The van der Waals surface area contributed by atoms with Crippen molar-refractivity contribution in [3.8, 4) is 0 Å². The molecule has 0 aromatic heterocycles. The summed E-state index contributed by atoms with van der Waals surface area (Å²) in [4.78, 5) is 2.42. The predicted octanol–water partition coefficient (Wildman–Crippen LogP) is 3.17. The highest BCUT2D eigenvalue weighted by molar-refractivity contribution is 4.65. The Hall–Kier alpha value is -0.0800. The van der Waals surface area contributed by atoms with E-state index in [9.17, 15) is 0 Å². The summed E-state index contributed by atoms with van der Waals surface area (Å²) in [6.45, 7) is 13.1. The predicted molar refractivity (Wildman–Crippen MR) is 67.3 cm³/mol. The summed E-state index contributed by atoms with van der Waals surface area (Å²) in [5.41, 5.74) is 0. The molecule has 92 valence electrons. The van der Waals surface area contributed by atoms with E-state index in [1.807, 2.05) is 0 Å². The molecular weight excluding hydrogens is 186 g/mol. The van der Waals surface area contributed by atoms with E-state index < -0.39 is 0 Å². The van der Waals surface area contributed by atoms with Crippen molar-refractivity contribution in [3.63, 3.8) is 0 Å². The first kappa shape index (κ1) is 14.9. The Balaban J connectivity index is 3.72. The second kappa shape index (κ2) is 8.12. The van der Waals surface area contributed by atoms with Gasteiger partial charge in [-0.3, -0.25) is 0 Å². The van der Waals surface area contributed by atoms with Gasteiger partial charge in [-0.05, 0) is 47.1 Å². The van der Waals surface area contributed by atoms with Crippen molar-refractivity contribution in [3.05, 3.63) is 0 Å². The first-order chi connectivity index (χ1) is 6.97. The fraction of sp³-hybridized carbons (Fsp3) is 1.00. The Morgan fingerprint density at radius 2 is 1.73 bits per heavy atom. The SMILES string of the molecule is CCC(CCOC(C)C)CN(C)C(C)C. The Kier molecular flexibility index (Phi) is 8.07. The molecule has 0 saturated heterocycles. The Morgan fingerprint density at radius 1 is 1.13 bits per heavy atom. The van der Waals surface area contributed by atoms with Gasteiger partial charge in [0.1, 0.15) is 0 Å². The molecule has 0 aliphatic heterocycles. The van der Waals surface area contributed by atoms with Crippen molar-refractivity contribution in [1.29, 1.82) is 0 Å². The minimum Gasteiger partial charge on any atom is -0.379 e. The minimum absolute atomic E-state index is 0.366. The molecule has 1 unspecified atom stereocenters. The molecular formula is C13H29NO. The molecule has 0 radical (unpaired) electrons. The maximum atomic E-state index is 5.60. The molecule has 0 saturated carbocycles. The number of ether oxygens (including phenoxy) is 1. The molecule has 0 amide bonds. The molecule has 0 rings (SSSR count). The average Bonchev–Trinajstić information content (AvgIpc) is 2.15. The minimum atomic E-state index is 0.366. The van der Waals surface area contributed by atoms with E-state index in [2.05, 4.69) is 46.6 Å². The zero-order valence-electron chi connectivity index (χ0n) is 11.4. The monoisotopic (exact) mass is 215 g/mol. The molecule has 0 aromatic carbocycles. The van der Waals surface area contributed by atoms with Crippen LogP contribution >= 0.6 is 0 Å². The average molecular weight is 215 g/mol. The van der Waals surface area contributed by atoms with Crippen LogP contribution in [0.15, 0.2) is 0 Å². The van der Waals surface area contributed by atoms with Crippen LogP contribution in [0, 0.1) is 5.92 Å². The number of hydrogen-bond acceptors (Lipinski definition) is 2. The summed E-state index contributed by atoms with van der Waals surface area (Å²) >= 11 is 0. The molecule has 2 heteroatoms. The molecule has 0 N–H and O–H groups in total. The van der Waals surface area contributed by atoms with Gasteiger partial charge in [-0.1, -0.05) is 13.3 Å². The quantitative estimate of drug-likeness (QED) is 0.616. The number of rotatable bonds is 8. The molecule has 0 aliphatic carbocycles. The molecule has 0 heterocycles. The smallest absolute Gasteiger partial charge is 0.0518 e. The van der Waals surface area contributed by atoms with Gasteiger partial charge >= 0.3 is 0 Å². The number of hydrogen-bond donors (Lipinski definition) is 0. The standard InChI is InChI=1S/C13H29NO/c1-7-13(8-9-15-12(4)5)10-14(6)11(2)3/h11-13H,7-10H2,1-6H3. The van der Waals surface area contributed by atoms with Gasteiger partial charge in [0.2, 0.25) is 0 Å². The summed E-state index contributed by atoms with van der Waals surface area (Å²) < 4.78 is 5.60. The molecule has 2 nitrogen and oxygen atoms in total. The van der Waals surface area contributed by atoms with E-state index in [0.29, 0.717) is 12.1 Å². The Bertz CT molecular complexity index is 145. The summed E-state index contributed by atoms with van der Waals surface area (Å²) in [7, 11) is 2.20. The van der Waals surface area contributed by atoms with Crippen LogP contribution in [0.4, 0.5) is 0 Å². The van der Waals surface area contributed by atoms with Crippen molar-refractivity contribution < 1.29 is 4.74 Å². The lowest BCUT2D eigenvalue weighted by atomic mass is 10.0. The lowest BCUT2D eigenvalue weighted by Gasteiger charge is -2.26. The summed E-state index contributed by atoms with van der Waals surface area (Å²) in [6, 6.07) is 0.644. The molecule has 0 aromatic rings. The van der Waals surface area contributed by atoms with Crippen LogP contribution in [0.1, 0.15) is 47.5 Å². The van der Waals surface area contributed by atoms with Crippen molar-refractivity contribution in [2.45, 2.75) is 59.6 Å². The van der Waals surface area contributed by atoms with Crippen molar-refractivity contribution in [2.24, 2.45) is 5.92 Å². The van der Waals surface area contributed by atoms with Crippen LogP contribution < -0.4 is 0 Å². The third-order valence-electron chi connectivity index (χ3n) is 2.98. The van der Waals surface area contributed by atoms with Gasteiger partial charge < -0.3 is 9.64 Å². The highest BCUT2D eigenvalue weighted by atomic mass is 16.5. The molecule has 0 spiro atoms. The van der Waals surface area contributed by atoms with Crippen LogP contribution in [-0.4, -0.2) is 37.2 Å². The van der Waals surface area contributed by atoms with Gasteiger partial charge in [-0.25, -0.2) is 0 Å². The fourth-order valence-corrected chi connectivity index (χ4v) is 1.51. The summed E-state index contributed by atoms with van der Waals surface area (Å²) in [6.07, 6.45) is 2.80. The Morgan fingerprint density at radius 3 is 2.13 bits per heavy atom. The highest BCUT2D eigenvalue weighted by Crippen LogP contribution is 2.12. The highest BCUT2D eigenvalue weighted by Gasteiger charge is 2.11. The summed E-state index contributed by atoms with van der Waals surface area (Å²) in [5.74, 6) is 0.774. The first-order valence-corrected chi connectivity index (χ1v) is 6.29. The van der Waals surface area contributed by atoms with E-state index in [0.717, 1.165) is 12.5 Å². The van der Waals surface area contributed by atoms with Gasteiger partial charge in [0.15, 0.2) is 0 Å². The van der Waals surface area contributed by atoms with E-state index in [-0.39, 0.29) is 0 Å². The van der Waals surface area contributed by atoms with Gasteiger partial charge in [0, 0.05) is 19.2 Å². The van der Waals surface area contributed by atoms with E-state index >= 15 is 0 Å². The van der Waals surface area contributed by atoms with Gasteiger partial charge in [0.05, 0.1) is 6.10 Å². The van der Waals surface area contributed by atoms with Crippen molar-refractivity contribution in [2.75, 3.05) is 20.2 Å². The molecule has 0 bridgehead atoms. The van der Waals surface area contributed by atoms with Gasteiger partial charge in [0.25, 0.3) is 0 Å². The van der Waals surface area contributed by atoms with E-state index in [4.69, 9.17) is 4.74 Å². The molecule has 0 fully saturated rings. The Labute approximate surface area is 96.0 Å². The molecule has 1 atom stereocenters. The van der Waals surface area contributed by atoms with E-state index in [1.165, 1.54) is 19.4 Å². The van der Waals surface area contributed by atoms with Gasteiger partial charge in [-0.2, -0.15) is 0 Å². The third kappa shape index (κ3) is 7.80. The van der Waals surface area contributed by atoms with Crippen molar-refractivity contribution in [1.82, 2.24) is 4.90 Å². The normalized spacial score (nSPS) is 14.2. The zero-order valence-corrected chi connectivity index (χ0v) is 11.4. The van der Waals surface area contributed by atoms with Gasteiger partial charge in [-0.15, -0.1) is 0 Å².